The van der Waals surface area contributed by atoms with E-state index in [4.69, 9.17) is 0 Å². The Morgan fingerprint density at radius 1 is 1.42 bits per heavy atom. The Bertz CT molecular complexity index is 698. The zero-order chi connectivity index (χ0) is 13.4. The van der Waals surface area contributed by atoms with Crippen LogP contribution >= 0.6 is 11.3 Å². The van der Waals surface area contributed by atoms with E-state index in [9.17, 15) is 14.7 Å². The minimum Gasteiger partial charge on any atom is -0.478 e. The summed E-state index contributed by atoms with van der Waals surface area (Å²) in [5.41, 5.74) is 0.630. The molecule has 1 aliphatic carbocycles. The van der Waals surface area contributed by atoms with Crippen LogP contribution in [0.25, 0.3) is 16.3 Å². The molecule has 1 aliphatic rings. The van der Waals surface area contributed by atoms with E-state index in [1.54, 1.807) is 12.3 Å². The highest BCUT2D eigenvalue weighted by Gasteiger charge is 2.34. The first-order valence-electron chi connectivity index (χ1n) is 5.98. The van der Waals surface area contributed by atoms with Crippen LogP contribution in [0.3, 0.4) is 0 Å². The Kier molecular flexibility index (Phi) is 2.91. The number of carbonyl (C=O) groups excluding carboxylic acids is 1. The molecule has 5 heteroatoms. The highest BCUT2D eigenvalue weighted by molar-refractivity contribution is 7.17. The van der Waals surface area contributed by atoms with Crippen molar-refractivity contribution in [3.8, 4) is 0 Å². The van der Waals surface area contributed by atoms with Gasteiger partial charge in [-0.05, 0) is 36.6 Å². The number of carboxylic acid groups (broad SMARTS) is 1. The lowest BCUT2D eigenvalue weighted by Crippen LogP contribution is -2.13. The highest BCUT2D eigenvalue weighted by Crippen LogP contribution is 2.34. The largest absolute Gasteiger partial charge is 0.478 e. The normalized spacial score (nSPS) is 15.7. The molecule has 1 N–H and O–H groups in total. The van der Waals surface area contributed by atoms with Gasteiger partial charge in [0.15, 0.2) is 5.78 Å². The Labute approximate surface area is 113 Å². The molecule has 0 atom stereocenters. The maximum Gasteiger partial charge on any atom is 0.339 e. The lowest BCUT2D eigenvalue weighted by Gasteiger charge is -1.99. The number of ketones is 1. The number of hydrogen-bond donors (Lipinski definition) is 1. The first-order chi connectivity index (χ1) is 9.16. The monoisotopic (exact) mass is 273 g/mol. The summed E-state index contributed by atoms with van der Waals surface area (Å²) in [4.78, 5) is 28.2. The van der Waals surface area contributed by atoms with Crippen LogP contribution in [0, 0.1) is 5.92 Å². The standard InChI is InChI=1S/C14H11NO3S/c16-12(8-3-4-8)11(14(17)18)6-9-7-19-13-10(9)2-1-5-15-13/h1-2,5-8H,3-4H2,(H,17,18)/b11-6-. The molecular weight excluding hydrogens is 262 g/mol. The van der Waals surface area contributed by atoms with Gasteiger partial charge in [0.05, 0.1) is 0 Å². The summed E-state index contributed by atoms with van der Waals surface area (Å²) in [5, 5.41) is 11.9. The third-order valence-electron chi connectivity index (χ3n) is 3.12. The zero-order valence-electron chi connectivity index (χ0n) is 10.00. The quantitative estimate of drug-likeness (QED) is 0.528. The van der Waals surface area contributed by atoms with Crippen LogP contribution in [0.4, 0.5) is 0 Å². The third-order valence-corrected chi connectivity index (χ3v) is 4.04. The summed E-state index contributed by atoms with van der Waals surface area (Å²) in [7, 11) is 0. The molecule has 1 saturated carbocycles. The maximum atomic E-state index is 11.9. The van der Waals surface area contributed by atoms with Crippen LogP contribution < -0.4 is 0 Å². The number of pyridine rings is 1. The Hall–Kier alpha value is -2.01. The second kappa shape index (κ2) is 4.59. The van der Waals surface area contributed by atoms with Crippen molar-refractivity contribution in [2.45, 2.75) is 12.8 Å². The first kappa shape index (κ1) is 12.0. The average molecular weight is 273 g/mol. The number of nitrogens with zero attached hydrogens (tertiary/aromatic N) is 1. The topological polar surface area (TPSA) is 67.3 Å². The van der Waals surface area contributed by atoms with Crippen molar-refractivity contribution in [3.05, 3.63) is 34.8 Å². The van der Waals surface area contributed by atoms with Crippen molar-refractivity contribution in [2.75, 3.05) is 0 Å². The van der Waals surface area contributed by atoms with Crippen molar-refractivity contribution >= 4 is 39.4 Å². The first-order valence-corrected chi connectivity index (χ1v) is 6.86. The Morgan fingerprint density at radius 3 is 2.89 bits per heavy atom. The molecule has 1 fully saturated rings. The molecule has 2 aromatic heterocycles. The maximum absolute atomic E-state index is 11.9. The van der Waals surface area contributed by atoms with Crippen molar-refractivity contribution < 1.29 is 14.7 Å². The van der Waals surface area contributed by atoms with E-state index in [0.29, 0.717) is 0 Å². The number of fused-ring (bicyclic) bond motifs is 1. The lowest BCUT2D eigenvalue weighted by atomic mass is 10.0. The molecule has 0 saturated heterocycles. The summed E-state index contributed by atoms with van der Waals surface area (Å²) in [6.07, 6.45) is 4.77. The van der Waals surface area contributed by atoms with Crippen LogP contribution in [0.5, 0.6) is 0 Å². The van der Waals surface area contributed by atoms with Crippen molar-refractivity contribution in [3.63, 3.8) is 0 Å². The minimum atomic E-state index is -1.15. The molecule has 96 valence electrons. The van der Waals surface area contributed by atoms with Gasteiger partial charge in [0.2, 0.25) is 0 Å². The van der Waals surface area contributed by atoms with E-state index in [2.05, 4.69) is 4.98 Å². The molecule has 0 amide bonds. The molecule has 0 radical (unpaired) electrons. The molecule has 3 rings (SSSR count). The Balaban J connectivity index is 2.06. The van der Waals surface area contributed by atoms with Gasteiger partial charge in [-0.25, -0.2) is 9.78 Å². The number of aromatic nitrogens is 1. The molecule has 0 spiro atoms. The summed E-state index contributed by atoms with van der Waals surface area (Å²) in [6, 6.07) is 3.68. The number of carboxylic acids is 1. The van der Waals surface area contributed by atoms with E-state index in [0.717, 1.165) is 28.6 Å². The van der Waals surface area contributed by atoms with E-state index in [-0.39, 0.29) is 17.3 Å². The molecule has 4 nitrogen and oxygen atoms in total. The van der Waals surface area contributed by atoms with Gasteiger partial charge in [-0.2, -0.15) is 0 Å². The van der Waals surface area contributed by atoms with Crippen molar-refractivity contribution in [1.82, 2.24) is 4.98 Å². The summed E-state index contributed by atoms with van der Waals surface area (Å²) < 4.78 is 0. The van der Waals surface area contributed by atoms with Crippen molar-refractivity contribution in [2.24, 2.45) is 5.92 Å². The fourth-order valence-corrected chi connectivity index (χ4v) is 2.83. The van der Waals surface area contributed by atoms with Gasteiger partial charge in [0, 0.05) is 22.9 Å². The summed E-state index contributed by atoms with van der Waals surface area (Å²) >= 11 is 1.44. The van der Waals surface area contributed by atoms with Crippen LogP contribution in [0.2, 0.25) is 0 Å². The number of carbonyl (C=O) groups is 2. The van der Waals surface area contributed by atoms with E-state index < -0.39 is 5.97 Å². The lowest BCUT2D eigenvalue weighted by molar-refractivity contribution is -0.134. The predicted molar refractivity (Wildman–Crippen MR) is 73.0 cm³/mol. The molecule has 0 bridgehead atoms. The van der Waals surface area contributed by atoms with Gasteiger partial charge < -0.3 is 5.11 Å². The summed E-state index contributed by atoms with van der Waals surface area (Å²) in [6.45, 7) is 0. The van der Waals surface area contributed by atoms with E-state index >= 15 is 0 Å². The molecule has 0 aliphatic heterocycles. The van der Waals surface area contributed by atoms with Gasteiger partial charge >= 0.3 is 5.97 Å². The number of hydrogen-bond acceptors (Lipinski definition) is 4. The molecule has 2 aromatic rings. The highest BCUT2D eigenvalue weighted by atomic mass is 32.1. The second-order valence-corrected chi connectivity index (χ2v) is 5.41. The van der Waals surface area contributed by atoms with Gasteiger partial charge in [0.1, 0.15) is 10.4 Å². The van der Waals surface area contributed by atoms with Crippen LogP contribution in [-0.2, 0) is 9.59 Å². The zero-order valence-corrected chi connectivity index (χ0v) is 10.8. The van der Waals surface area contributed by atoms with E-state index in [1.165, 1.54) is 17.4 Å². The average Bonchev–Trinajstić information content (AvgIpc) is 3.17. The summed E-state index contributed by atoms with van der Waals surface area (Å²) in [5.74, 6) is -1.50. The SMILES string of the molecule is O=C(O)/C(=C\c1csc2ncccc12)C(=O)C1CC1. The predicted octanol–water partition coefficient (Wildman–Crippen LogP) is 2.74. The number of thiophene rings is 1. The third kappa shape index (κ3) is 2.29. The Morgan fingerprint density at radius 2 is 2.21 bits per heavy atom. The van der Waals surface area contributed by atoms with Crippen molar-refractivity contribution in [1.29, 1.82) is 0 Å². The van der Waals surface area contributed by atoms with Crippen LogP contribution in [0.1, 0.15) is 18.4 Å². The minimum absolute atomic E-state index is 0.0922. The molecule has 0 aromatic carbocycles. The number of rotatable bonds is 4. The number of aliphatic carboxylic acids is 1. The van der Waals surface area contributed by atoms with Gasteiger partial charge in [0.25, 0.3) is 0 Å². The van der Waals surface area contributed by atoms with Gasteiger partial charge in [-0.15, -0.1) is 11.3 Å². The molecule has 19 heavy (non-hydrogen) atoms. The number of Topliss-reactive ketones (excluding diaryl/α,β-unsaturated/α-hetero) is 1. The fraction of sp³-hybridized carbons (Fsp3) is 0.214. The van der Waals surface area contributed by atoms with Crippen LogP contribution in [0.15, 0.2) is 29.3 Å². The van der Waals surface area contributed by atoms with E-state index in [1.807, 2.05) is 11.4 Å². The second-order valence-electron chi connectivity index (χ2n) is 4.55. The molecular formula is C14H11NO3S. The van der Waals surface area contributed by atoms with Crippen LogP contribution in [-0.4, -0.2) is 21.8 Å². The van der Waals surface area contributed by atoms with Gasteiger partial charge in [-0.3, -0.25) is 4.79 Å². The molecule has 2 heterocycles. The molecule has 0 unspecified atom stereocenters. The smallest absolute Gasteiger partial charge is 0.339 e. The van der Waals surface area contributed by atoms with Gasteiger partial charge in [-0.1, -0.05) is 0 Å². The fourth-order valence-electron chi connectivity index (χ4n) is 1.96.